The number of hydrogen-bond donors (Lipinski definition) is 1. The van der Waals surface area contributed by atoms with Crippen molar-refractivity contribution >= 4 is 11.9 Å². The highest BCUT2D eigenvalue weighted by Crippen LogP contribution is 2.16. The molecule has 0 aliphatic heterocycles. The van der Waals surface area contributed by atoms with Crippen LogP contribution in [0.4, 0.5) is 0 Å². The summed E-state index contributed by atoms with van der Waals surface area (Å²) in [7, 11) is 0. The average Bonchev–Trinajstić information content (AvgIpc) is 3.02. The topological polar surface area (TPSA) is 63.6 Å². The molecule has 45 heavy (non-hydrogen) atoms. The Bertz CT molecular complexity index is 683. The molecule has 1 N–H and O–H groups in total. The van der Waals surface area contributed by atoms with Crippen molar-refractivity contribution in [1.82, 2.24) is 0 Å². The zero-order valence-electron chi connectivity index (χ0n) is 30.2. The molecule has 0 spiro atoms. The van der Waals surface area contributed by atoms with E-state index in [9.17, 15) is 9.59 Å². The standard InChI is InChI=1S/C41H76O4/c1-3-5-7-9-11-12-13-14-15-16-17-18-19-20-21-22-23-24-26-28-34-38-41(44)45-39(35-31-27-25-10-8-6-4-2)36-32-29-30-33-37-40(42)43/h16-17,31,35,39H,3-15,18-30,32-34,36-38H2,1-2H3,(H,42,43)/b17-16-,35-31-. The maximum absolute atomic E-state index is 12.5. The molecule has 0 rings (SSSR count). The number of esters is 1. The van der Waals surface area contributed by atoms with E-state index in [2.05, 4.69) is 38.2 Å². The largest absolute Gasteiger partial charge is 0.481 e. The Morgan fingerprint density at radius 2 is 0.867 bits per heavy atom. The first-order valence-electron chi connectivity index (χ1n) is 19.8. The van der Waals surface area contributed by atoms with Crippen molar-refractivity contribution < 1.29 is 19.4 Å². The summed E-state index contributed by atoms with van der Waals surface area (Å²) in [5, 5.41) is 8.81. The molecule has 0 saturated heterocycles. The van der Waals surface area contributed by atoms with Crippen LogP contribution in [-0.4, -0.2) is 23.1 Å². The number of allylic oxidation sites excluding steroid dienone is 3. The van der Waals surface area contributed by atoms with Gasteiger partial charge in [-0.1, -0.05) is 160 Å². The fourth-order valence-corrected chi connectivity index (χ4v) is 5.91. The van der Waals surface area contributed by atoms with E-state index in [4.69, 9.17) is 9.84 Å². The summed E-state index contributed by atoms with van der Waals surface area (Å²) in [5.41, 5.74) is 0. The second kappa shape index (κ2) is 36.9. The molecule has 4 heteroatoms. The second-order valence-corrected chi connectivity index (χ2v) is 13.5. The van der Waals surface area contributed by atoms with Crippen LogP contribution < -0.4 is 0 Å². The monoisotopic (exact) mass is 633 g/mol. The Kier molecular flexibility index (Phi) is 35.6. The van der Waals surface area contributed by atoms with Gasteiger partial charge in [-0.3, -0.25) is 9.59 Å². The molecule has 264 valence electrons. The summed E-state index contributed by atoms with van der Waals surface area (Å²) in [4.78, 5) is 23.3. The molecule has 0 radical (unpaired) electrons. The summed E-state index contributed by atoms with van der Waals surface area (Å²) in [6, 6.07) is 0. The van der Waals surface area contributed by atoms with Crippen LogP contribution in [0.15, 0.2) is 24.3 Å². The van der Waals surface area contributed by atoms with E-state index in [0.29, 0.717) is 6.42 Å². The van der Waals surface area contributed by atoms with Gasteiger partial charge in [0, 0.05) is 12.8 Å². The Balaban J connectivity index is 3.81. The van der Waals surface area contributed by atoms with E-state index < -0.39 is 5.97 Å². The fraction of sp³-hybridized carbons (Fsp3) is 0.854. The van der Waals surface area contributed by atoms with Crippen molar-refractivity contribution in [2.24, 2.45) is 0 Å². The van der Waals surface area contributed by atoms with Gasteiger partial charge in [0.2, 0.25) is 0 Å². The normalized spacial score (nSPS) is 12.4. The van der Waals surface area contributed by atoms with E-state index in [-0.39, 0.29) is 18.5 Å². The smallest absolute Gasteiger partial charge is 0.306 e. The summed E-state index contributed by atoms with van der Waals surface area (Å²) in [5.74, 6) is -0.785. The zero-order chi connectivity index (χ0) is 32.9. The van der Waals surface area contributed by atoms with Gasteiger partial charge in [-0.05, 0) is 70.3 Å². The predicted molar refractivity (Wildman–Crippen MR) is 195 cm³/mol. The number of carbonyl (C=O) groups excluding carboxylic acids is 1. The maximum Gasteiger partial charge on any atom is 0.306 e. The number of unbranched alkanes of at least 4 members (excludes halogenated alkanes) is 25. The molecular weight excluding hydrogens is 556 g/mol. The van der Waals surface area contributed by atoms with E-state index in [1.807, 2.05) is 0 Å². The van der Waals surface area contributed by atoms with Crippen LogP contribution in [0, 0.1) is 0 Å². The van der Waals surface area contributed by atoms with Gasteiger partial charge in [-0.15, -0.1) is 0 Å². The minimum absolute atomic E-state index is 0.0645. The molecule has 0 aliphatic carbocycles. The lowest BCUT2D eigenvalue weighted by Crippen LogP contribution is -2.16. The zero-order valence-corrected chi connectivity index (χ0v) is 30.2. The maximum atomic E-state index is 12.5. The van der Waals surface area contributed by atoms with Crippen molar-refractivity contribution in [2.75, 3.05) is 0 Å². The fourth-order valence-electron chi connectivity index (χ4n) is 5.91. The molecule has 0 aromatic carbocycles. The molecular formula is C41H76O4. The molecule has 0 amide bonds. The Labute approximate surface area is 280 Å². The van der Waals surface area contributed by atoms with E-state index in [0.717, 1.165) is 51.4 Å². The Morgan fingerprint density at radius 1 is 0.489 bits per heavy atom. The van der Waals surface area contributed by atoms with E-state index >= 15 is 0 Å². The minimum atomic E-state index is -0.721. The third kappa shape index (κ3) is 36.8. The lowest BCUT2D eigenvalue weighted by atomic mass is 10.0. The average molecular weight is 633 g/mol. The van der Waals surface area contributed by atoms with Gasteiger partial charge in [0.05, 0.1) is 0 Å². The third-order valence-corrected chi connectivity index (χ3v) is 8.88. The Morgan fingerprint density at radius 3 is 1.33 bits per heavy atom. The molecule has 0 fully saturated rings. The van der Waals surface area contributed by atoms with E-state index in [1.165, 1.54) is 141 Å². The summed E-state index contributed by atoms with van der Waals surface area (Å²) in [6.45, 7) is 4.52. The van der Waals surface area contributed by atoms with Crippen molar-refractivity contribution in [3.8, 4) is 0 Å². The number of carboxylic acid groups (broad SMARTS) is 1. The van der Waals surface area contributed by atoms with Gasteiger partial charge in [0.15, 0.2) is 0 Å². The van der Waals surface area contributed by atoms with Crippen molar-refractivity contribution in [2.45, 2.75) is 225 Å². The molecule has 4 nitrogen and oxygen atoms in total. The van der Waals surface area contributed by atoms with Crippen LogP contribution in [0.1, 0.15) is 219 Å². The van der Waals surface area contributed by atoms with Crippen LogP contribution in [0.2, 0.25) is 0 Å². The highest BCUT2D eigenvalue weighted by molar-refractivity contribution is 5.69. The van der Waals surface area contributed by atoms with Crippen LogP contribution >= 0.6 is 0 Å². The van der Waals surface area contributed by atoms with Crippen LogP contribution in [0.3, 0.4) is 0 Å². The quantitative estimate of drug-likeness (QED) is 0.0424. The number of ether oxygens (including phenoxy) is 1. The molecule has 0 aromatic heterocycles. The van der Waals surface area contributed by atoms with Crippen molar-refractivity contribution in [3.63, 3.8) is 0 Å². The van der Waals surface area contributed by atoms with Gasteiger partial charge < -0.3 is 9.84 Å². The van der Waals surface area contributed by atoms with Crippen molar-refractivity contribution in [1.29, 1.82) is 0 Å². The highest BCUT2D eigenvalue weighted by Gasteiger charge is 2.11. The van der Waals surface area contributed by atoms with Crippen molar-refractivity contribution in [3.05, 3.63) is 24.3 Å². The number of hydrogen-bond acceptors (Lipinski definition) is 3. The van der Waals surface area contributed by atoms with Crippen LogP contribution in [-0.2, 0) is 14.3 Å². The van der Waals surface area contributed by atoms with Gasteiger partial charge in [0.25, 0.3) is 0 Å². The number of aliphatic carboxylic acids is 1. The minimum Gasteiger partial charge on any atom is -0.481 e. The molecule has 0 aromatic rings. The molecule has 0 bridgehead atoms. The second-order valence-electron chi connectivity index (χ2n) is 13.5. The lowest BCUT2D eigenvalue weighted by Gasteiger charge is -2.15. The van der Waals surface area contributed by atoms with Gasteiger partial charge in [-0.2, -0.15) is 0 Å². The molecule has 0 aliphatic rings. The molecule has 1 unspecified atom stereocenters. The first kappa shape index (κ1) is 43.4. The number of carbonyl (C=O) groups is 2. The molecule has 0 heterocycles. The molecule has 1 atom stereocenters. The first-order valence-corrected chi connectivity index (χ1v) is 19.8. The van der Waals surface area contributed by atoms with Gasteiger partial charge in [0.1, 0.15) is 6.10 Å². The van der Waals surface area contributed by atoms with Gasteiger partial charge >= 0.3 is 11.9 Å². The summed E-state index contributed by atoms with van der Waals surface area (Å²) < 4.78 is 5.86. The van der Waals surface area contributed by atoms with E-state index in [1.54, 1.807) is 0 Å². The van der Waals surface area contributed by atoms with Crippen LogP contribution in [0.5, 0.6) is 0 Å². The third-order valence-electron chi connectivity index (χ3n) is 8.88. The Hall–Kier alpha value is -1.58. The summed E-state index contributed by atoms with van der Waals surface area (Å²) >= 11 is 0. The van der Waals surface area contributed by atoms with Crippen LogP contribution in [0.25, 0.3) is 0 Å². The SMILES string of the molecule is CCCCCCC/C=C\C(CCCCCCC(=O)O)OC(=O)CCCCCCCCCCC/C=C\CCCCCCCCCC. The molecule has 0 saturated carbocycles. The highest BCUT2D eigenvalue weighted by atomic mass is 16.5. The van der Waals surface area contributed by atoms with Gasteiger partial charge in [-0.25, -0.2) is 0 Å². The predicted octanol–water partition coefficient (Wildman–Crippen LogP) is 13.6. The first-order chi connectivity index (χ1) is 22.1. The lowest BCUT2D eigenvalue weighted by molar-refractivity contribution is -0.147. The summed E-state index contributed by atoms with van der Waals surface area (Å²) in [6.07, 6.45) is 46.5. The number of carboxylic acids is 1. The number of rotatable bonds is 36.